The Morgan fingerprint density at radius 2 is 2.17 bits per heavy atom. The first-order valence-electron chi connectivity index (χ1n) is 10.4. The van der Waals surface area contributed by atoms with Gasteiger partial charge < -0.3 is 20.5 Å². The Balaban J connectivity index is 1.53. The van der Waals surface area contributed by atoms with Crippen LogP contribution in [-0.4, -0.2) is 63.0 Å². The van der Waals surface area contributed by atoms with Crippen LogP contribution >= 0.6 is 0 Å². The summed E-state index contributed by atoms with van der Waals surface area (Å²) in [6.45, 7) is 6.55. The molecule has 1 saturated heterocycles. The van der Waals surface area contributed by atoms with Crippen molar-refractivity contribution in [2.75, 3.05) is 25.5 Å². The molecular formula is C22H30N6O2. The number of nitrogens with one attached hydrogen (secondary N) is 2. The van der Waals surface area contributed by atoms with Crippen molar-refractivity contribution < 1.29 is 9.84 Å². The minimum Gasteiger partial charge on any atom is -0.497 e. The van der Waals surface area contributed by atoms with Gasteiger partial charge in [-0.15, -0.1) is 0 Å². The van der Waals surface area contributed by atoms with Crippen molar-refractivity contribution in [3.05, 3.63) is 48.4 Å². The second kappa shape index (κ2) is 8.99. The highest BCUT2D eigenvalue weighted by Crippen LogP contribution is 2.26. The number of hydrogen-bond donors (Lipinski definition) is 3. The Kier molecular flexibility index (Phi) is 6.17. The van der Waals surface area contributed by atoms with E-state index in [1.807, 2.05) is 35.0 Å². The Morgan fingerprint density at radius 3 is 2.93 bits per heavy atom. The lowest BCUT2D eigenvalue weighted by Gasteiger charge is -2.37. The molecule has 0 bridgehead atoms. The summed E-state index contributed by atoms with van der Waals surface area (Å²) < 4.78 is 7.16. The van der Waals surface area contributed by atoms with E-state index in [4.69, 9.17) is 4.74 Å². The highest BCUT2D eigenvalue weighted by atomic mass is 16.5. The minimum absolute atomic E-state index is 0.153. The third-order valence-corrected chi connectivity index (χ3v) is 5.48. The molecule has 8 heteroatoms. The first-order valence-corrected chi connectivity index (χ1v) is 10.4. The van der Waals surface area contributed by atoms with Crippen LogP contribution in [0.25, 0.3) is 5.52 Å². The van der Waals surface area contributed by atoms with Crippen molar-refractivity contribution in [3.63, 3.8) is 0 Å². The lowest BCUT2D eigenvalue weighted by atomic mass is 10.0. The number of benzene rings is 1. The highest BCUT2D eigenvalue weighted by molar-refractivity contribution is 5.76. The van der Waals surface area contributed by atoms with Gasteiger partial charge >= 0.3 is 0 Å². The summed E-state index contributed by atoms with van der Waals surface area (Å²) in [5.41, 5.74) is 2.97. The predicted molar refractivity (Wildman–Crippen MR) is 117 cm³/mol. The average molecular weight is 411 g/mol. The Labute approximate surface area is 176 Å². The van der Waals surface area contributed by atoms with Gasteiger partial charge in [0.05, 0.1) is 13.2 Å². The van der Waals surface area contributed by atoms with Gasteiger partial charge in [-0.1, -0.05) is 19.9 Å². The summed E-state index contributed by atoms with van der Waals surface area (Å²) in [5.74, 6) is 1.53. The molecule has 1 aromatic carbocycles. The van der Waals surface area contributed by atoms with Gasteiger partial charge in [0, 0.05) is 49.7 Å². The lowest BCUT2D eigenvalue weighted by Crippen LogP contribution is -2.53. The number of aliphatic hydroxyl groups is 1. The summed E-state index contributed by atoms with van der Waals surface area (Å²) in [7, 11) is 1.65. The Bertz CT molecular complexity index is 989. The molecule has 2 aromatic heterocycles. The molecule has 160 valence electrons. The van der Waals surface area contributed by atoms with Gasteiger partial charge in [0.1, 0.15) is 17.6 Å². The van der Waals surface area contributed by atoms with Crippen molar-refractivity contribution in [3.8, 4) is 5.75 Å². The molecule has 3 aromatic rings. The van der Waals surface area contributed by atoms with Crippen molar-refractivity contribution in [2.24, 2.45) is 0 Å². The summed E-state index contributed by atoms with van der Waals surface area (Å²) in [6.07, 6.45) is 4.05. The minimum atomic E-state index is -0.374. The molecule has 3 heterocycles. The van der Waals surface area contributed by atoms with Gasteiger partial charge in [0.15, 0.2) is 5.82 Å². The quantitative estimate of drug-likeness (QED) is 0.551. The van der Waals surface area contributed by atoms with Gasteiger partial charge in [0.2, 0.25) is 0 Å². The summed E-state index contributed by atoms with van der Waals surface area (Å²) in [5, 5.41) is 21.8. The lowest BCUT2D eigenvalue weighted by molar-refractivity contribution is 0.0345. The van der Waals surface area contributed by atoms with Crippen LogP contribution in [-0.2, 0) is 6.54 Å². The van der Waals surface area contributed by atoms with E-state index in [0.29, 0.717) is 12.6 Å². The normalized spacial score (nSPS) is 20.0. The number of nitrogens with zero attached hydrogens (tertiary/aromatic N) is 4. The van der Waals surface area contributed by atoms with Crippen molar-refractivity contribution >= 4 is 17.0 Å². The number of β-amino-alcohol motifs (C(OH)–C–C–N with tert-alkyl or cyclic N) is 1. The fourth-order valence-corrected chi connectivity index (χ4v) is 4.08. The number of rotatable bonds is 7. The van der Waals surface area contributed by atoms with Gasteiger partial charge in [-0.2, -0.15) is 5.10 Å². The molecule has 1 fully saturated rings. The molecule has 0 radical (unpaired) electrons. The molecule has 2 atom stereocenters. The van der Waals surface area contributed by atoms with Gasteiger partial charge in [-0.25, -0.2) is 9.50 Å². The molecule has 0 aliphatic carbocycles. The second-order valence-corrected chi connectivity index (χ2v) is 8.12. The number of hydrogen-bond acceptors (Lipinski definition) is 7. The number of methoxy groups -OCH3 is 1. The van der Waals surface area contributed by atoms with Gasteiger partial charge in [-0.05, 0) is 30.2 Å². The van der Waals surface area contributed by atoms with Crippen LogP contribution in [0.2, 0.25) is 0 Å². The summed E-state index contributed by atoms with van der Waals surface area (Å²) >= 11 is 0. The molecule has 1 aliphatic heterocycles. The maximum atomic E-state index is 10.6. The fourth-order valence-electron chi connectivity index (χ4n) is 4.08. The number of ether oxygens (including phenoxy) is 1. The first kappa shape index (κ1) is 20.6. The third kappa shape index (κ3) is 4.56. The number of piperidine rings is 1. The van der Waals surface area contributed by atoms with Gasteiger partial charge in [0.25, 0.3) is 0 Å². The SMILES string of the molecule is COc1cccc(Nc2ncnn3ccc(CN4CC[C@@H](NC(C)C)[C@H](O)C4)c23)c1. The van der Waals surface area contributed by atoms with E-state index in [-0.39, 0.29) is 12.1 Å². The third-order valence-electron chi connectivity index (χ3n) is 5.48. The highest BCUT2D eigenvalue weighted by Gasteiger charge is 2.28. The van der Waals surface area contributed by atoms with Gasteiger partial charge in [-0.3, -0.25) is 4.90 Å². The summed E-state index contributed by atoms with van der Waals surface area (Å²) in [4.78, 5) is 6.77. The topological polar surface area (TPSA) is 87.0 Å². The monoisotopic (exact) mass is 410 g/mol. The van der Waals surface area contributed by atoms with Crippen molar-refractivity contribution in [1.82, 2.24) is 24.8 Å². The molecule has 3 N–H and O–H groups in total. The second-order valence-electron chi connectivity index (χ2n) is 8.12. The molecule has 0 amide bonds. The van der Waals surface area contributed by atoms with Crippen LogP contribution in [0.3, 0.4) is 0 Å². The average Bonchev–Trinajstić information content (AvgIpc) is 3.14. The first-order chi connectivity index (χ1) is 14.5. The number of anilines is 2. The number of likely N-dealkylation sites (tertiary alicyclic amines) is 1. The van der Waals surface area contributed by atoms with E-state index >= 15 is 0 Å². The molecule has 1 aliphatic rings. The van der Waals surface area contributed by atoms with E-state index in [1.165, 1.54) is 0 Å². The van der Waals surface area contributed by atoms with Crippen LogP contribution in [0.1, 0.15) is 25.8 Å². The largest absolute Gasteiger partial charge is 0.497 e. The molecule has 0 unspecified atom stereocenters. The standard InChI is InChI=1S/C22H30N6O2/c1-15(2)25-19-8-9-27(13-20(19)29)12-16-7-10-28-21(16)22(23-14-24-28)26-17-5-4-6-18(11-17)30-3/h4-7,10-11,14-15,19-20,25,29H,8-9,12-13H2,1-3H3,(H,23,24,26)/t19-,20-/m1/s1. The van der Waals surface area contributed by atoms with E-state index in [1.54, 1.807) is 13.4 Å². The summed E-state index contributed by atoms with van der Waals surface area (Å²) in [6, 6.07) is 10.4. The van der Waals surface area contributed by atoms with Crippen LogP contribution in [0.15, 0.2) is 42.9 Å². The molecule has 4 rings (SSSR count). The van der Waals surface area contributed by atoms with Crippen LogP contribution in [0, 0.1) is 0 Å². The fraction of sp³-hybridized carbons (Fsp3) is 0.455. The van der Waals surface area contributed by atoms with E-state index < -0.39 is 0 Å². The van der Waals surface area contributed by atoms with Crippen LogP contribution in [0.5, 0.6) is 5.75 Å². The van der Waals surface area contributed by atoms with E-state index in [9.17, 15) is 5.11 Å². The Hall–Kier alpha value is -2.68. The molecule has 0 spiro atoms. The smallest absolute Gasteiger partial charge is 0.158 e. The zero-order chi connectivity index (χ0) is 21.1. The maximum Gasteiger partial charge on any atom is 0.158 e. The van der Waals surface area contributed by atoms with Crippen molar-refractivity contribution in [2.45, 2.75) is 45.0 Å². The number of fused-ring (bicyclic) bond motifs is 1. The number of aromatic nitrogens is 3. The van der Waals surface area contributed by atoms with E-state index in [0.717, 1.165) is 47.8 Å². The van der Waals surface area contributed by atoms with E-state index in [2.05, 4.69) is 45.5 Å². The van der Waals surface area contributed by atoms with Crippen LogP contribution < -0.4 is 15.4 Å². The zero-order valence-corrected chi connectivity index (χ0v) is 17.7. The van der Waals surface area contributed by atoms with Crippen molar-refractivity contribution in [1.29, 1.82) is 0 Å². The molecule has 30 heavy (non-hydrogen) atoms. The predicted octanol–water partition coefficient (Wildman–Crippen LogP) is 2.41. The molecular weight excluding hydrogens is 380 g/mol. The number of aliphatic hydroxyl groups excluding tert-OH is 1. The molecule has 8 nitrogen and oxygen atoms in total. The molecule has 0 saturated carbocycles. The zero-order valence-electron chi connectivity index (χ0n) is 17.7. The van der Waals surface area contributed by atoms with Crippen LogP contribution in [0.4, 0.5) is 11.5 Å². The maximum absolute atomic E-state index is 10.6. The Morgan fingerprint density at radius 1 is 1.30 bits per heavy atom.